The molecule has 17 heavy (non-hydrogen) atoms. The molecule has 4 heteroatoms. The minimum absolute atomic E-state index is 0.0615. The fourth-order valence-corrected chi connectivity index (χ4v) is 2.69. The minimum Gasteiger partial charge on any atom is -0.310 e. The van der Waals surface area contributed by atoms with Crippen molar-refractivity contribution in [2.75, 3.05) is 0 Å². The van der Waals surface area contributed by atoms with E-state index in [1.807, 2.05) is 0 Å². The van der Waals surface area contributed by atoms with Gasteiger partial charge in [0, 0.05) is 10.9 Å². The van der Waals surface area contributed by atoms with Gasteiger partial charge < -0.3 is 4.98 Å². The van der Waals surface area contributed by atoms with E-state index in [4.69, 9.17) is 11.6 Å². The number of benzene rings is 1. The van der Waals surface area contributed by atoms with E-state index in [1.165, 1.54) is 12.8 Å². The number of nitrogens with one attached hydrogen (secondary N) is 1. The predicted molar refractivity (Wildman–Crippen MR) is 68.6 cm³/mol. The first-order chi connectivity index (χ1) is 8.24. The highest BCUT2D eigenvalue weighted by Crippen LogP contribution is 2.32. The summed E-state index contributed by atoms with van der Waals surface area (Å²) >= 11 is 5.93. The number of hydrogen-bond donors (Lipinski definition) is 1. The Morgan fingerprint density at radius 1 is 1.29 bits per heavy atom. The molecule has 1 fully saturated rings. The Kier molecular flexibility index (Phi) is 2.63. The van der Waals surface area contributed by atoms with Crippen molar-refractivity contribution in [3.05, 3.63) is 39.4 Å². The minimum atomic E-state index is -0.0615. The van der Waals surface area contributed by atoms with Gasteiger partial charge >= 0.3 is 0 Å². The molecule has 1 aliphatic rings. The molecular weight excluding hydrogens is 236 g/mol. The summed E-state index contributed by atoms with van der Waals surface area (Å²) in [6.07, 6.45) is 4.69. The summed E-state index contributed by atoms with van der Waals surface area (Å²) in [6.45, 7) is 0. The number of rotatable bonds is 1. The summed E-state index contributed by atoms with van der Waals surface area (Å²) in [4.78, 5) is 19.4. The van der Waals surface area contributed by atoms with E-state index < -0.39 is 0 Å². The molecule has 0 aliphatic heterocycles. The van der Waals surface area contributed by atoms with E-state index in [2.05, 4.69) is 9.97 Å². The lowest BCUT2D eigenvalue weighted by Gasteiger charge is -2.08. The number of hydrogen-bond acceptors (Lipinski definition) is 2. The van der Waals surface area contributed by atoms with E-state index >= 15 is 0 Å². The largest absolute Gasteiger partial charge is 0.310 e. The van der Waals surface area contributed by atoms with Gasteiger partial charge in [-0.05, 0) is 31.0 Å². The molecule has 1 aromatic heterocycles. The smallest absolute Gasteiger partial charge is 0.258 e. The molecule has 1 aromatic carbocycles. The fraction of sp³-hybridized carbons (Fsp3) is 0.385. The average Bonchev–Trinajstić information content (AvgIpc) is 2.81. The first-order valence-corrected chi connectivity index (χ1v) is 6.31. The van der Waals surface area contributed by atoms with Gasteiger partial charge in [0.25, 0.3) is 5.56 Å². The molecule has 3 nitrogen and oxygen atoms in total. The van der Waals surface area contributed by atoms with Crippen molar-refractivity contribution in [3.63, 3.8) is 0 Å². The molecule has 0 saturated heterocycles. The zero-order chi connectivity index (χ0) is 11.8. The Morgan fingerprint density at radius 3 is 2.82 bits per heavy atom. The number of aromatic nitrogens is 2. The molecule has 0 radical (unpaired) electrons. The van der Waals surface area contributed by atoms with Crippen molar-refractivity contribution >= 4 is 22.5 Å². The number of H-pyrrole nitrogens is 1. The van der Waals surface area contributed by atoms with Gasteiger partial charge in [-0.25, -0.2) is 4.98 Å². The summed E-state index contributed by atoms with van der Waals surface area (Å²) < 4.78 is 0. The standard InChI is InChI=1S/C13H13ClN2O/c14-9-5-6-10-11(7-9)15-12(16-13(10)17)8-3-1-2-4-8/h5-8H,1-4H2,(H,15,16,17). The molecule has 3 rings (SSSR count). The normalized spacial score (nSPS) is 16.8. The van der Waals surface area contributed by atoms with Crippen molar-refractivity contribution in [1.29, 1.82) is 0 Å². The Hall–Kier alpha value is -1.35. The van der Waals surface area contributed by atoms with Crippen molar-refractivity contribution in [1.82, 2.24) is 9.97 Å². The van der Waals surface area contributed by atoms with Crippen LogP contribution in [0.3, 0.4) is 0 Å². The highest BCUT2D eigenvalue weighted by atomic mass is 35.5. The first kappa shape index (κ1) is 10.8. The van der Waals surface area contributed by atoms with Crippen molar-refractivity contribution in [2.45, 2.75) is 31.6 Å². The third kappa shape index (κ3) is 1.95. The van der Waals surface area contributed by atoms with Crippen LogP contribution in [0.2, 0.25) is 5.02 Å². The second-order valence-electron chi connectivity index (χ2n) is 4.59. The van der Waals surface area contributed by atoms with Crippen LogP contribution in [0.5, 0.6) is 0 Å². The van der Waals surface area contributed by atoms with E-state index in [0.29, 0.717) is 21.8 Å². The molecular formula is C13H13ClN2O. The number of nitrogens with zero attached hydrogens (tertiary/aromatic N) is 1. The van der Waals surface area contributed by atoms with E-state index in [9.17, 15) is 4.79 Å². The van der Waals surface area contributed by atoms with E-state index in [-0.39, 0.29) is 5.56 Å². The number of fused-ring (bicyclic) bond motifs is 1. The summed E-state index contributed by atoms with van der Waals surface area (Å²) in [5, 5.41) is 1.23. The van der Waals surface area contributed by atoms with Gasteiger partial charge in [0.15, 0.2) is 0 Å². The van der Waals surface area contributed by atoms with Crippen LogP contribution in [-0.4, -0.2) is 9.97 Å². The Bertz CT molecular complexity index is 614. The molecule has 0 unspecified atom stereocenters. The van der Waals surface area contributed by atoms with Gasteiger partial charge in [-0.1, -0.05) is 24.4 Å². The van der Waals surface area contributed by atoms with Crippen LogP contribution in [-0.2, 0) is 0 Å². The van der Waals surface area contributed by atoms with Crippen LogP contribution in [0.1, 0.15) is 37.4 Å². The SMILES string of the molecule is O=c1[nH]c(C2CCCC2)nc2cc(Cl)ccc12. The molecule has 1 aliphatic carbocycles. The van der Waals surface area contributed by atoms with Crippen molar-refractivity contribution < 1.29 is 0 Å². The van der Waals surface area contributed by atoms with Crippen molar-refractivity contribution in [2.24, 2.45) is 0 Å². The Labute approximate surface area is 104 Å². The number of halogens is 1. The topological polar surface area (TPSA) is 45.8 Å². The highest BCUT2D eigenvalue weighted by molar-refractivity contribution is 6.31. The van der Waals surface area contributed by atoms with Crippen LogP contribution < -0.4 is 5.56 Å². The van der Waals surface area contributed by atoms with Gasteiger partial charge in [0.1, 0.15) is 5.82 Å². The molecule has 1 heterocycles. The zero-order valence-corrected chi connectivity index (χ0v) is 10.1. The van der Waals surface area contributed by atoms with Crippen LogP contribution >= 0.6 is 11.6 Å². The Balaban J connectivity index is 2.18. The first-order valence-electron chi connectivity index (χ1n) is 5.93. The average molecular weight is 249 g/mol. The third-order valence-corrected chi connectivity index (χ3v) is 3.66. The summed E-state index contributed by atoms with van der Waals surface area (Å²) in [6, 6.07) is 5.20. The maximum Gasteiger partial charge on any atom is 0.258 e. The zero-order valence-electron chi connectivity index (χ0n) is 9.37. The molecule has 0 atom stereocenters. The third-order valence-electron chi connectivity index (χ3n) is 3.43. The van der Waals surface area contributed by atoms with Gasteiger partial charge in [-0.15, -0.1) is 0 Å². The monoisotopic (exact) mass is 248 g/mol. The molecule has 2 aromatic rings. The van der Waals surface area contributed by atoms with Crippen molar-refractivity contribution in [3.8, 4) is 0 Å². The maximum atomic E-state index is 11.9. The molecule has 0 amide bonds. The fourth-order valence-electron chi connectivity index (χ4n) is 2.52. The number of aromatic amines is 1. The lowest BCUT2D eigenvalue weighted by Crippen LogP contribution is -2.13. The van der Waals surface area contributed by atoms with Crippen LogP contribution in [0.4, 0.5) is 0 Å². The second-order valence-corrected chi connectivity index (χ2v) is 5.03. The molecule has 0 bridgehead atoms. The molecule has 0 spiro atoms. The predicted octanol–water partition coefficient (Wildman–Crippen LogP) is 3.23. The van der Waals surface area contributed by atoms with Gasteiger partial charge in [-0.3, -0.25) is 4.79 Å². The maximum absolute atomic E-state index is 11.9. The summed E-state index contributed by atoms with van der Waals surface area (Å²) in [5.41, 5.74) is 0.636. The van der Waals surface area contributed by atoms with Crippen LogP contribution in [0.15, 0.2) is 23.0 Å². The second kappa shape index (κ2) is 4.15. The van der Waals surface area contributed by atoms with Gasteiger partial charge in [-0.2, -0.15) is 0 Å². The van der Waals surface area contributed by atoms with E-state index in [1.54, 1.807) is 18.2 Å². The summed E-state index contributed by atoms with van der Waals surface area (Å²) in [7, 11) is 0. The van der Waals surface area contributed by atoms with E-state index in [0.717, 1.165) is 18.7 Å². The van der Waals surface area contributed by atoms with Crippen LogP contribution in [0.25, 0.3) is 10.9 Å². The molecule has 88 valence electrons. The Morgan fingerprint density at radius 2 is 2.06 bits per heavy atom. The van der Waals surface area contributed by atoms with Gasteiger partial charge in [0.05, 0.1) is 10.9 Å². The lowest BCUT2D eigenvalue weighted by molar-refractivity contribution is 0.669. The van der Waals surface area contributed by atoms with Crippen LogP contribution in [0, 0.1) is 0 Å². The highest BCUT2D eigenvalue weighted by Gasteiger charge is 2.19. The van der Waals surface area contributed by atoms with Gasteiger partial charge in [0.2, 0.25) is 0 Å². The lowest BCUT2D eigenvalue weighted by atomic mass is 10.1. The quantitative estimate of drug-likeness (QED) is 0.842. The molecule has 1 saturated carbocycles. The molecule has 1 N–H and O–H groups in total. The summed E-state index contributed by atoms with van der Waals surface area (Å²) in [5.74, 6) is 1.23.